The lowest BCUT2D eigenvalue weighted by Gasteiger charge is -2.10. The third-order valence-corrected chi connectivity index (χ3v) is 3.32. The molecule has 1 amide bonds. The van der Waals surface area contributed by atoms with E-state index in [2.05, 4.69) is 5.32 Å². The van der Waals surface area contributed by atoms with Crippen molar-refractivity contribution in [3.8, 4) is 5.75 Å². The van der Waals surface area contributed by atoms with Crippen molar-refractivity contribution in [3.05, 3.63) is 28.3 Å². The lowest BCUT2D eigenvalue weighted by Crippen LogP contribution is -2.30. The molecule has 1 aromatic carbocycles. The molecule has 1 N–H and O–H groups in total. The van der Waals surface area contributed by atoms with Gasteiger partial charge in [-0.25, -0.2) is 0 Å². The van der Waals surface area contributed by atoms with Gasteiger partial charge in [-0.3, -0.25) is 4.79 Å². The number of nitrogens with one attached hydrogen (secondary N) is 1. The van der Waals surface area contributed by atoms with Gasteiger partial charge in [0.15, 0.2) is 6.61 Å². The Balaban J connectivity index is 1.91. The summed E-state index contributed by atoms with van der Waals surface area (Å²) in [7, 11) is 0. The average molecular weight is 254 g/mol. The van der Waals surface area contributed by atoms with Crippen LogP contribution in [0.4, 0.5) is 0 Å². The molecule has 0 spiro atoms. The van der Waals surface area contributed by atoms with E-state index in [0.717, 1.165) is 29.0 Å². The summed E-state index contributed by atoms with van der Waals surface area (Å²) in [6.45, 7) is 3.91. The fourth-order valence-electron chi connectivity index (χ4n) is 1.64. The molecule has 4 heteroatoms. The van der Waals surface area contributed by atoms with E-state index < -0.39 is 0 Å². The number of carbonyl (C=O) groups is 1. The van der Waals surface area contributed by atoms with Gasteiger partial charge in [0.1, 0.15) is 5.75 Å². The predicted molar refractivity (Wildman–Crippen MR) is 67.6 cm³/mol. The Hall–Kier alpha value is -1.22. The highest BCUT2D eigenvalue weighted by Crippen LogP contribution is 2.25. The highest BCUT2D eigenvalue weighted by molar-refractivity contribution is 6.32. The second-order valence-corrected chi connectivity index (χ2v) is 4.88. The number of carbonyl (C=O) groups excluding carboxylic acids is 1. The van der Waals surface area contributed by atoms with Crippen LogP contribution in [0.25, 0.3) is 0 Å². The molecule has 92 valence electrons. The van der Waals surface area contributed by atoms with Crippen LogP contribution in [-0.4, -0.2) is 18.6 Å². The molecule has 3 nitrogen and oxygen atoms in total. The number of benzene rings is 1. The highest BCUT2D eigenvalue weighted by atomic mass is 35.5. The average Bonchev–Trinajstić information content (AvgIpc) is 3.06. The Morgan fingerprint density at radius 3 is 2.53 bits per heavy atom. The lowest BCUT2D eigenvalue weighted by molar-refractivity contribution is -0.123. The van der Waals surface area contributed by atoms with E-state index >= 15 is 0 Å². The molecular weight excluding hydrogens is 238 g/mol. The fourth-order valence-corrected chi connectivity index (χ4v) is 1.74. The number of rotatable bonds is 4. The van der Waals surface area contributed by atoms with Crippen molar-refractivity contribution < 1.29 is 9.53 Å². The first kappa shape index (κ1) is 12.2. The molecule has 0 heterocycles. The Morgan fingerprint density at radius 1 is 1.41 bits per heavy atom. The van der Waals surface area contributed by atoms with Gasteiger partial charge in [-0.15, -0.1) is 0 Å². The first-order valence-corrected chi connectivity index (χ1v) is 6.13. The number of amides is 1. The number of halogens is 1. The maximum Gasteiger partial charge on any atom is 0.258 e. The minimum atomic E-state index is -0.0576. The minimum absolute atomic E-state index is 0.0576. The van der Waals surface area contributed by atoms with E-state index in [1.54, 1.807) is 0 Å². The standard InChI is InChI=1S/C13H16ClNO2/c1-8-5-11(6-9(2)13(8)14)17-7-12(16)15-10-3-4-10/h5-6,10H,3-4,7H2,1-2H3,(H,15,16). The molecule has 0 aromatic heterocycles. The number of hydrogen-bond acceptors (Lipinski definition) is 2. The Morgan fingerprint density at radius 2 is 2.00 bits per heavy atom. The summed E-state index contributed by atoms with van der Waals surface area (Å²) >= 11 is 6.05. The summed E-state index contributed by atoms with van der Waals surface area (Å²) in [5.41, 5.74) is 1.92. The van der Waals surface area contributed by atoms with Crippen LogP contribution in [0.1, 0.15) is 24.0 Å². The molecule has 0 atom stereocenters. The largest absolute Gasteiger partial charge is 0.484 e. The quantitative estimate of drug-likeness (QED) is 0.896. The summed E-state index contributed by atoms with van der Waals surface area (Å²) in [5, 5.41) is 3.62. The van der Waals surface area contributed by atoms with Crippen LogP contribution >= 0.6 is 11.6 Å². The van der Waals surface area contributed by atoms with Gasteiger partial charge in [0.2, 0.25) is 0 Å². The predicted octanol–water partition coefficient (Wildman–Crippen LogP) is 2.61. The van der Waals surface area contributed by atoms with Crippen molar-refractivity contribution in [2.24, 2.45) is 0 Å². The Kier molecular flexibility index (Phi) is 3.57. The zero-order valence-electron chi connectivity index (χ0n) is 10.0. The molecule has 0 saturated heterocycles. The first-order chi connectivity index (χ1) is 8.06. The molecule has 0 aliphatic heterocycles. The van der Waals surface area contributed by atoms with Gasteiger partial charge in [-0.1, -0.05) is 11.6 Å². The van der Waals surface area contributed by atoms with Crippen molar-refractivity contribution in [3.63, 3.8) is 0 Å². The molecular formula is C13H16ClNO2. The van der Waals surface area contributed by atoms with Gasteiger partial charge < -0.3 is 10.1 Å². The van der Waals surface area contributed by atoms with E-state index in [0.29, 0.717) is 11.8 Å². The topological polar surface area (TPSA) is 38.3 Å². The van der Waals surface area contributed by atoms with E-state index in [-0.39, 0.29) is 12.5 Å². The maximum absolute atomic E-state index is 11.4. The second-order valence-electron chi connectivity index (χ2n) is 4.50. The van der Waals surface area contributed by atoms with E-state index in [1.807, 2.05) is 26.0 Å². The molecule has 1 aliphatic rings. The minimum Gasteiger partial charge on any atom is -0.484 e. The van der Waals surface area contributed by atoms with Crippen LogP contribution in [0.15, 0.2) is 12.1 Å². The molecule has 17 heavy (non-hydrogen) atoms. The van der Waals surface area contributed by atoms with Gasteiger partial charge in [0, 0.05) is 11.1 Å². The molecule has 1 aromatic rings. The Labute approximate surface area is 106 Å². The summed E-state index contributed by atoms with van der Waals surface area (Å²) in [6, 6.07) is 4.07. The summed E-state index contributed by atoms with van der Waals surface area (Å²) in [6.07, 6.45) is 2.18. The molecule has 0 unspecified atom stereocenters. The van der Waals surface area contributed by atoms with Crippen LogP contribution in [0.2, 0.25) is 5.02 Å². The van der Waals surface area contributed by atoms with Crippen LogP contribution in [0.5, 0.6) is 5.75 Å². The molecule has 0 radical (unpaired) electrons. The summed E-state index contributed by atoms with van der Waals surface area (Å²) < 4.78 is 5.44. The van der Waals surface area contributed by atoms with Crippen molar-refractivity contribution in [1.82, 2.24) is 5.32 Å². The SMILES string of the molecule is Cc1cc(OCC(=O)NC2CC2)cc(C)c1Cl. The van der Waals surface area contributed by atoms with E-state index in [1.165, 1.54) is 0 Å². The Bertz CT molecular complexity index is 418. The fraction of sp³-hybridized carbons (Fsp3) is 0.462. The van der Waals surface area contributed by atoms with Crippen LogP contribution in [-0.2, 0) is 4.79 Å². The van der Waals surface area contributed by atoms with Crippen LogP contribution < -0.4 is 10.1 Å². The molecule has 1 aliphatic carbocycles. The van der Waals surface area contributed by atoms with Crippen molar-refractivity contribution in [2.75, 3.05) is 6.61 Å². The normalized spacial score (nSPS) is 14.5. The molecule has 1 saturated carbocycles. The number of ether oxygens (including phenoxy) is 1. The monoisotopic (exact) mass is 253 g/mol. The number of aryl methyl sites for hydroxylation is 2. The lowest BCUT2D eigenvalue weighted by atomic mass is 10.1. The second kappa shape index (κ2) is 4.96. The van der Waals surface area contributed by atoms with E-state index in [9.17, 15) is 4.79 Å². The van der Waals surface area contributed by atoms with Crippen molar-refractivity contribution in [1.29, 1.82) is 0 Å². The van der Waals surface area contributed by atoms with Crippen LogP contribution in [0.3, 0.4) is 0 Å². The molecule has 0 bridgehead atoms. The smallest absolute Gasteiger partial charge is 0.258 e. The van der Waals surface area contributed by atoms with Gasteiger partial charge in [0.25, 0.3) is 5.91 Å². The van der Waals surface area contributed by atoms with Gasteiger partial charge in [-0.05, 0) is 49.9 Å². The maximum atomic E-state index is 11.4. The van der Waals surface area contributed by atoms with Gasteiger partial charge in [0.05, 0.1) is 0 Å². The van der Waals surface area contributed by atoms with E-state index in [4.69, 9.17) is 16.3 Å². The first-order valence-electron chi connectivity index (χ1n) is 5.75. The zero-order chi connectivity index (χ0) is 12.4. The molecule has 2 rings (SSSR count). The summed E-state index contributed by atoms with van der Waals surface area (Å²) in [4.78, 5) is 11.4. The highest BCUT2D eigenvalue weighted by Gasteiger charge is 2.23. The number of hydrogen-bond donors (Lipinski definition) is 1. The molecule has 1 fully saturated rings. The zero-order valence-corrected chi connectivity index (χ0v) is 10.8. The third kappa shape index (κ3) is 3.37. The third-order valence-electron chi connectivity index (χ3n) is 2.72. The van der Waals surface area contributed by atoms with Gasteiger partial charge >= 0.3 is 0 Å². The van der Waals surface area contributed by atoms with Crippen molar-refractivity contribution >= 4 is 17.5 Å². The van der Waals surface area contributed by atoms with Crippen molar-refractivity contribution in [2.45, 2.75) is 32.7 Å². The van der Waals surface area contributed by atoms with Gasteiger partial charge in [-0.2, -0.15) is 0 Å². The van der Waals surface area contributed by atoms with Crippen LogP contribution in [0, 0.1) is 13.8 Å². The summed E-state index contributed by atoms with van der Waals surface area (Å²) in [5.74, 6) is 0.633.